The molecule has 1 atom stereocenters. The molecule has 1 unspecified atom stereocenters. The van der Waals surface area contributed by atoms with E-state index in [-0.39, 0.29) is 0 Å². The fourth-order valence-corrected chi connectivity index (χ4v) is 3.96. The van der Waals surface area contributed by atoms with Gasteiger partial charge in [0.2, 0.25) is 0 Å². The summed E-state index contributed by atoms with van der Waals surface area (Å²) in [5.41, 5.74) is 6.13. The Morgan fingerprint density at radius 3 is 2.40 bits per heavy atom. The van der Waals surface area contributed by atoms with Gasteiger partial charge in [0.25, 0.3) is 0 Å². The zero-order chi connectivity index (χ0) is 13.8. The van der Waals surface area contributed by atoms with Crippen LogP contribution in [-0.4, -0.2) is 0 Å². The van der Waals surface area contributed by atoms with Crippen LogP contribution in [0.25, 0.3) is 0 Å². The molecule has 0 heterocycles. The minimum absolute atomic E-state index is 0.342. The molecule has 0 spiro atoms. The second-order valence-corrected chi connectivity index (χ2v) is 6.72. The van der Waals surface area contributed by atoms with Gasteiger partial charge in [-0.2, -0.15) is 0 Å². The van der Waals surface area contributed by atoms with Gasteiger partial charge < -0.3 is 0 Å². The number of rotatable bonds is 5. The van der Waals surface area contributed by atoms with E-state index in [1.54, 1.807) is 5.56 Å². The molecule has 2 aliphatic rings. The van der Waals surface area contributed by atoms with Crippen molar-refractivity contribution in [2.24, 2.45) is 11.8 Å². The first-order chi connectivity index (χ1) is 9.88. The van der Waals surface area contributed by atoms with Crippen molar-refractivity contribution in [1.82, 2.24) is 5.43 Å². The summed E-state index contributed by atoms with van der Waals surface area (Å²) in [6.45, 7) is 0. The van der Waals surface area contributed by atoms with Crippen LogP contribution in [0.1, 0.15) is 80.9 Å². The molecule has 1 aromatic rings. The first kappa shape index (κ1) is 14.1. The van der Waals surface area contributed by atoms with Crippen LogP contribution in [0.3, 0.4) is 0 Å². The Balaban J connectivity index is 1.74. The molecule has 0 aliphatic heterocycles. The summed E-state index contributed by atoms with van der Waals surface area (Å²) in [6.07, 6.45) is 12.3. The molecule has 2 saturated carbocycles. The number of hydrazine groups is 1. The third-order valence-electron chi connectivity index (χ3n) is 5.41. The van der Waals surface area contributed by atoms with Gasteiger partial charge in [-0.3, -0.25) is 11.3 Å². The van der Waals surface area contributed by atoms with E-state index < -0.39 is 0 Å². The largest absolute Gasteiger partial charge is 0.271 e. The maximum atomic E-state index is 5.90. The summed E-state index contributed by atoms with van der Waals surface area (Å²) in [7, 11) is 0. The van der Waals surface area contributed by atoms with Crippen LogP contribution >= 0.6 is 0 Å². The standard InChI is InChI=1S/C18H28N2/c19-20-18(13-14-7-2-1-3-8-14)17-12-5-4-11-16(17)15-9-6-10-15/h4-5,11-12,14-15,18,20H,1-3,6-10,13,19H2. The minimum Gasteiger partial charge on any atom is -0.271 e. The quantitative estimate of drug-likeness (QED) is 0.614. The first-order valence-corrected chi connectivity index (χ1v) is 8.43. The second kappa shape index (κ2) is 6.73. The maximum absolute atomic E-state index is 5.90. The third kappa shape index (κ3) is 3.07. The van der Waals surface area contributed by atoms with Crippen molar-refractivity contribution in [3.8, 4) is 0 Å². The van der Waals surface area contributed by atoms with Crippen LogP contribution in [0.2, 0.25) is 0 Å². The molecule has 0 radical (unpaired) electrons. The molecule has 20 heavy (non-hydrogen) atoms. The Bertz CT molecular complexity index is 419. The predicted octanol–water partition coefficient (Wildman–Crippen LogP) is 4.43. The van der Waals surface area contributed by atoms with Gasteiger partial charge in [0.1, 0.15) is 0 Å². The summed E-state index contributed by atoms with van der Waals surface area (Å²) in [4.78, 5) is 0. The lowest BCUT2D eigenvalue weighted by molar-refractivity contribution is 0.298. The normalized spacial score (nSPS) is 22.4. The number of hydrogen-bond donors (Lipinski definition) is 2. The van der Waals surface area contributed by atoms with Crippen molar-refractivity contribution >= 4 is 0 Å². The number of nitrogens with one attached hydrogen (secondary N) is 1. The molecule has 2 fully saturated rings. The lowest BCUT2D eigenvalue weighted by atomic mass is 9.75. The van der Waals surface area contributed by atoms with E-state index in [0.717, 1.165) is 11.8 Å². The van der Waals surface area contributed by atoms with Gasteiger partial charge in [-0.15, -0.1) is 0 Å². The highest BCUT2D eigenvalue weighted by Crippen LogP contribution is 2.41. The van der Waals surface area contributed by atoms with Crippen LogP contribution in [0.4, 0.5) is 0 Å². The molecule has 110 valence electrons. The molecule has 0 saturated heterocycles. The molecule has 2 nitrogen and oxygen atoms in total. The van der Waals surface area contributed by atoms with E-state index in [0.29, 0.717) is 6.04 Å². The highest BCUT2D eigenvalue weighted by atomic mass is 15.2. The average Bonchev–Trinajstić information content (AvgIpc) is 2.45. The molecule has 0 bridgehead atoms. The molecular formula is C18H28N2. The highest BCUT2D eigenvalue weighted by Gasteiger charge is 2.26. The smallest absolute Gasteiger partial charge is 0.0465 e. The number of nitrogens with two attached hydrogens (primary N) is 1. The van der Waals surface area contributed by atoms with Crippen molar-refractivity contribution in [1.29, 1.82) is 0 Å². The molecule has 3 rings (SSSR count). The maximum Gasteiger partial charge on any atom is 0.0465 e. The van der Waals surface area contributed by atoms with Gasteiger partial charge in [0.15, 0.2) is 0 Å². The van der Waals surface area contributed by atoms with Gasteiger partial charge in [-0.25, -0.2) is 0 Å². The summed E-state index contributed by atoms with van der Waals surface area (Å²) >= 11 is 0. The Morgan fingerprint density at radius 2 is 1.75 bits per heavy atom. The third-order valence-corrected chi connectivity index (χ3v) is 5.41. The Morgan fingerprint density at radius 1 is 1.00 bits per heavy atom. The molecular weight excluding hydrogens is 244 g/mol. The fourth-order valence-electron chi connectivity index (χ4n) is 3.96. The predicted molar refractivity (Wildman–Crippen MR) is 84.3 cm³/mol. The SMILES string of the molecule is NNC(CC1CCCCC1)c1ccccc1C1CCC1. The summed E-state index contributed by atoms with van der Waals surface area (Å²) in [5, 5.41) is 0. The fraction of sp³-hybridized carbons (Fsp3) is 0.667. The monoisotopic (exact) mass is 272 g/mol. The van der Waals surface area contributed by atoms with E-state index in [9.17, 15) is 0 Å². The number of hydrogen-bond acceptors (Lipinski definition) is 2. The van der Waals surface area contributed by atoms with Gasteiger partial charge in [-0.1, -0.05) is 62.8 Å². The van der Waals surface area contributed by atoms with Crippen LogP contribution in [0, 0.1) is 5.92 Å². The van der Waals surface area contributed by atoms with E-state index >= 15 is 0 Å². The lowest BCUT2D eigenvalue weighted by Crippen LogP contribution is -2.31. The average molecular weight is 272 g/mol. The highest BCUT2D eigenvalue weighted by molar-refractivity contribution is 5.34. The molecule has 2 heteroatoms. The Labute approximate surface area is 123 Å². The second-order valence-electron chi connectivity index (χ2n) is 6.72. The minimum atomic E-state index is 0.342. The van der Waals surface area contributed by atoms with Crippen molar-refractivity contribution in [2.75, 3.05) is 0 Å². The van der Waals surface area contributed by atoms with Gasteiger partial charge in [-0.05, 0) is 42.2 Å². The van der Waals surface area contributed by atoms with Gasteiger partial charge in [0, 0.05) is 6.04 Å². The van der Waals surface area contributed by atoms with Crippen LogP contribution in [0.5, 0.6) is 0 Å². The van der Waals surface area contributed by atoms with Crippen molar-refractivity contribution < 1.29 is 0 Å². The van der Waals surface area contributed by atoms with Crippen molar-refractivity contribution in [3.05, 3.63) is 35.4 Å². The van der Waals surface area contributed by atoms with E-state index in [2.05, 4.69) is 29.7 Å². The lowest BCUT2D eigenvalue weighted by Gasteiger charge is -2.32. The Kier molecular flexibility index (Phi) is 4.74. The zero-order valence-electron chi connectivity index (χ0n) is 12.5. The molecule has 0 aromatic heterocycles. The zero-order valence-corrected chi connectivity index (χ0v) is 12.5. The van der Waals surface area contributed by atoms with Crippen molar-refractivity contribution in [2.45, 2.75) is 69.7 Å². The molecule has 3 N–H and O–H groups in total. The Hall–Kier alpha value is -0.860. The van der Waals surface area contributed by atoms with Crippen LogP contribution < -0.4 is 11.3 Å². The van der Waals surface area contributed by atoms with Crippen molar-refractivity contribution in [3.63, 3.8) is 0 Å². The number of benzene rings is 1. The van der Waals surface area contributed by atoms with Crippen LogP contribution in [-0.2, 0) is 0 Å². The van der Waals surface area contributed by atoms with E-state index in [1.165, 1.54) is 63.4 Å². The van der Waals surface area contributed by atoms with Gasteiger partial charge in [0.05, 0.1) is 0 Å². The van der Waals surface area contributed by atoms with Crippen LogP contribution in [0.15, 0.2) is 24.3 Å². The summed E-state index contributed by atoms with van der Waals surface area (Å²) in [6, 6.07) is 9.31. The summed E-state index contributed by atoms with van der Waals surface area (Å²) in [5.74, 6) is 7.55. The summed E-state index contributed by atoms with van der Waals surface area (Å²) < 4.78 is 0. The van der Waals surface area contributed by atoms with Gasteiger partial charge >= 0.3 is 0 Å². The van der Waals surface area contributed by atoms with E-state index in [4.69, 9.17) is 5.84 Å². The first-order valence-electron chi connectivity index (χ1n) is 8.43. The molecule has 2 aliphatic carbocycles. The molecule has 1 aromatic carbocycles. The molecule has 0 amide bonds. The topological polar surface area (TPSA) is 38.0 Å². The van der Waals surface area contributed by atoms with E-state index in [1.807, 2.05) is 0 Å².